The summed E-state index contributed by atoms with van der Waals surface area (Å²) in [5.74, 6) is 0. The first-order valence-corrected chi connectivity index (χ1v) is 4.85. The molecular weight excluding hydrogens is 214 g/mol. The molecule has 0 bridgehead atoms. The van der Waals surface area contributed by atoms with Crippen LogP contribution in [0, 0.1) is 10.1 Å². The van der Waals surface area contributed by atoms with Crippen LogP contribution in [-0.4, -0.2) is 16.6 Å². The monoisotopic (exact) mass is 223 g/mol. The van der Waals surface area contributed by atoms with Crippen molar-refractivity contribution < 1.29 is 4.92 Å². The van der Waals surface area contributed by atoms with Crippen LogP contribution in [0.15, 0.2) is 18.2 Å². The van der Waals surface area contributed by atoms with Crippen LogP contribution in [0.1, 0.15) is 5.56 Å². The first kappa shape index (κ1) is 9.85. The van der Waals surface area contributed by atoms with Gasteiger partial charge < -0.3 is 10.6 Å². The molecule has 0 saturated carbocycles. The maximum absolute atomic E-state index is 10.8. The van der Waals surface area contributed by atoms with Crippen LogP contribution in [0.4, 0.5) is 11.4 Å². The third-order valence-corrected chi connectivity index (χ3v) is 2.69. The number of anilines is 1. The van der Waals surface area contributed by atoms with E-state index in [-0.39, 0.29) is 15.7 Å². The molecular formula is C9H9N3O2S. The van der Waals surface area contributed by atoms with Crippen molar-refractivity contribution in [2.75, 3.05) is 11.4 Å². The van der Waals surface area contributed by atoms with Crippen molar-refractivity contribution in [2.45, 2.75) is 6.42 Å². The largest absolute Gasteiger partial charge is 0.376 e. The highest BCUT2D eigenvalue weighted by Crippen LogP contribution is 2.34. The SMILES string of the molecule is NC(=S)N1CCc2c1cccc2[N+](=O)[O-]. The molecule has 1 aromatic carbocycles. The van der Waals surface area contributed by atoms with Crippen LogP contribution >= 0.6 is 12.2 Å². The quantitative estimate of drug-likeness (QED) is 0.440. The third-order valence-electron chi connectivity index (χ3n) is 2.47. The summed E-state index contributed by atoms with van der Waals surface area (Å²) >= 11 is 4.87. The van der Waals surface area contributed by atoms with Gasteiger partial charge in [0.2, 0.25) is 0 Å². The number of thiocarbonyl (C=S) groups is 1. The normalized spacial score (nSPS) is 13.7. The van der Waals surface area contributed by atoms with Gasteiger partial charge in [-0.1, -0.05) is 6.07 Å². The zero-order chi connectivity index (χ0) is 11.0. The van der Waals surface area contributed by atoms with Crippen LogP contribution in [-0.2, 0) is 6.42 Å². The second-order valence-electron chi connectivity index (χ2n) is 3.27. The minimum absolute atomic E-state index is 0.145. The van der Waals surface area contributed by atoms with Gasteiger partial charge in [0.05, 0.1) is 16.2 Å². The van der Waals surface area contributed by atoms with E-state index in [1.54, 1.807) is 17.0 Å². The number of rotatable bonds is 1. The van der Waals surface area contributed by atoms with E-state index in [9.17, 15) is 10.1 Å². The minimum atomic E-state index is -0.373. The molecule has 0 radical (unpaired) electrons. The lowest BCUT2D eigenvalue weighted by Gasteiger charge is -2.15. The standard InChI is InChI=1S/C9H9N3O2S/c10-9(15)11-5-4-6-7(11)2-1-3-8(6)12(13)14/h1-3H,4-5H2,(H2,10,15). The van der Waals surface area contributed by atoms with Gasteiger partial charge >= 0.3 is 0 Å². The summed E-state index contributed by atoms with van der Waals surface area (Å²) in [6.07, 6.45) is 0.615. The molecule has 0 spiro atoms. The number of nitrogens with two attached hydrogens (primary N) is 1. The fourth-order valence-corrected chi connectivity index (χ4v) is 2.01. The molecule has 15 heavy (non-hydrogen) atoms. The number of nitro groups is 1. The first-order chi connectivity index (χ1) is 7.11. The van der Waals surface area contributed by atoms with Gasteiger partial charge in [0.15, 0.2) is 5.11 Å². The highest BCUT2D eigenvalue weighted by molar-refractivity contribution is 7.80. The van der Waals surface area contributed by atoms with E-state index in [0.717, 1.165) is 11.3 Å². The fraction of sp³-hybridized carbons (Fsp3) is 0.222. The molecule has 78 valence electrons. The lowest BCUT2D eigenvalue weighted by atomic mass is 10.1. The number of nitrogens with zero attached hydrogens (tertiary/aromatic N) is 2. The lowest BCUT2D eigenvalue weighted by molar-refractivity contribution is -0.385. The van der Waals surface area contributed by atoms with E-state index in [1.165, 1.54) is 6.07 Å². The Morgan fingerprint density at radius 2 is 2.33 bits per heavy atom. The van der Waals surface area contributed by atoms with Gasteiger partial charge in [0.1, 0.15) is 0 Å². The second kappa shape index (κ2) is 3.47. The van der Waals surface area contributed by atoms with E-state index in [2.05, 4.69) is 0 Å². The van der Waals surface area contributed by atoms with Crippen LogP contribution in [0.2, 0.25) is 0 Å². The first-order valence-electron chi connectivity index (χ1n) is 4.44. The fourth-order valence-electron chi connectivity index (χ4n) is 1.82. The van der Waals surface area contributed by atoms with Gasteiger partial charge in [0.25, 0.3) is 5.69 Å². The number of hydrogen-bond donors (Lipinski definition) is 1. The molecule has 0 unspecified atom stereocenters. The van der Waals surface area contributed by atoms with Gasteiger partial charge in [-0.3, -0.25) is 10.1 Å². The topological polar surface area (TPSA) is 72.4 Å². The van der Waals surface area contributed by atoms with Crippen molar-refractivity contribution >= 4 is 28.7 Å². The summed E-state index contributed by atoms with van der Waals surface area (Å²) in [6, 6.07) is 4.95. The molecule has 1 aliphatic rings. The van der Waals surface area contributed by atoms with Crippen molar-refractivity contribution in [3.63, 3.8) is 0 Å². The van der Waals surface area contributed by atoms with Crippen LogP contribution in [0.3, 0.4) is 0 Å². The molecule has 0 aromatic heterocycles. The Morgan fingerprint density at radius 1 is 1.60 bits per heavy atom. The van der Waals surface area contributed by atoms with E-state index in [0.29, 0.717) is 13.0 Å². The highest BCUT2D eigenvalue weighted by Gasteiger charge is 2.27. The Morgan fingerprint density at radius 3 is 2.93 bits per heavy atom. The summed E-state index contributed by atoms with van der Waals surface area (Å²) in [4.78, 5) is 12.1. The number of nitro benzene ring substituents is 1. The van der Waals surface area contributed by atoms with Crippen molar-refractivity contribution in [3.8, 4) is 0 Å². The van der Waals surface area contributed by atoms with E-state index in [4.69, 9.17) is 18.0 Å². The molecule has 1 aliphatic heterocycles. The zero-order valence-corrected chi connectivity index (χ0v) is 8.66. The predicted octanol–water partition coefficient (Wildman–Crippen LogP) is 1.20. The van der Waals surface area contributed by atoms with Crippen LogP contribution in [0.5, 0.6) is 0 Å². The van der Waals surface area contributed by atoms with Gasteiger partial charge in [-0.2, -0.15) is 0 Å². The van der Waals surface area contributed by atoms with E-state index >= 15 is 0 Å². The minimum Gasteiger partial charge on any atom is -0.376 e. The maximum Gasteiger partial charge on any atom is 0.274 e. The molecule has 1 heterocycles. The van der Waals surface area contributed by atoms with Gasteiger partial charge in [-0.05, 0) is 24.7 Å². The van der Waals surface area contributed by atoms with Gasteiger partial charge in [-0.25, -0.2) is 0 Å². The zero-order valence-electron chi connectivity index (χ0n) is 7.84. The summed E-state index contributed by atoms with van der Waals surface area (Å²) in [7, 11) is 0. The van der Waals surface area contributed by atoms with Crippen molar-refractivity contribution in [1.82, 2.24) is 0 Å². The summed E-state index contributed by atoms with van der Waals surface area (Å²) in [6.45, 7) is 0.621. The van der Waals surface area contributed by atoms with Crippen LogP contribution < -0.4 is 10.6 Å². The Bertz CT molecular complexity index is 447. The molecule has 6 heteroatoms. The molecule has 5 nitrogen and oxygen atoms in total. The average Bonchev–Trinajstić information content (AvgIpc) is 2.59. The second-order valence-corrected chi connectivity index (χ2v) is 3.69. The van der Waals surface area contributed by atoms with Crippen molar-refractivity contribution in [2.24, 2.45) is 5.73 Å². The molecule has 0 amide bonds. The molecule has 0 fully saturated rings. The smallest absolute Gasteiger partial charge is 0.274 e. The maximum atomic E-state index is 10.8. The number of fused-ring (bicyclic) bond motifs is 1. The molecule has 0 aliphatic carbocycles. The number of hydrogen-bond acceptors (Lipinski definition) is 3. The molecule has 0 atom stereocenters. The van der Waals surface area contributed by atoms with E-state index < -0.39 is 0 Å². The molecule has 2 N–H and O–H groups in total. The Labute approximate surface area is 91.6 Å². The van der Waals surface area contributed by atoms with Crippen molar-refractivity contribution in [1.29, 1.82) is 0 Å². The number of benzene rings is 1. The van der Waals surface area contributed by atoms with Gasteiger partial charge in [0, 0.05) is 12.6 Å². The van der Waals surface area contributed by atoms with Gasteiger partial charge in [-0.15, -0.1) is 0 Å². The highest BCUT2D eigenvalue weighted by atomic mass is 32.1. The predicted molar refractivity (Wildman–Crippen MR) is 60.9 cm³/mol. The Hall–Kier alpha value is -1.69. The summed E-state index contributed by atoms with van der Waals surface area (Å²) < 4.78 is 0. The third kappa shape index (κ3) is 1.52. The lowest BCUT2D eigenvalue weighted by Crippen LogP contribution is -2.33. The van der Waals surface area contributed by atoms with Crippen LogP contribution in [0.25, 0.3) is 0 Å². The van der Waals surface area contributed by atoms with Crippen molar-refractivity contribution in [3.05, 3.63) is 33.9 Å². The van der Waals surface area contributed by atoms with E-state index in [1.807, 2.05) is 0 Å². The summed E-state index contributed by atoms with van der Waals surface area (Å²) in [5, 5.41) is 11.0. The average molecular weight is 223 g/mol. The summed E-state index contributed by atoms with van der Waals surface area (Å²) in [5.41, 5.74) is 7.15. The molecule has 2 rings (SSSR count). The molecule has 1 aromatic rings. The Kier molecular flexibility index (Phi) is 2.28. The molecule has 0 saturated heterocycles. The Balaban J connectivity index is 2.52.